The Morgan fingerprint density at radius 3 is 2.64 bits per heavy atom. The maximum atomic E-state index is 12.0. The van der Waals surface area contributed by atoms with Crippen LogP contribution in [0.5, 0.6) is 5.75 Å². The van der Waals surface area contributed by atoms with Gasteiger partial charge in [-0.3, -0.25) is 4.79 Å². The molecule has 1 fully saturated rings. The molecule has 0 bridgehead atoms. The van der Waals surface area contributed by atoms with E-state index in [9.17, 15) is 4.79 Å². The van der Waals surface area contributed by atoms with E-state index in [0.29, 0.717) is 13.0 Å². The second kappa shape index (κ2) is 8.15. The van der Waals surface area contributed by atoms with Crippen molar-refractivity contribution in [3.05, 3.63) is 29.8 Å². The standard InChI is InChI=1S/C17H27N3O2/c1-12(20-17(21)16(19)3-2-10-18)14-6-8-15(9-7-14)22-11-13-4-5-13/h6-9,12-13,16H,2-5,10-11,18-19H2,1H3,(H,20,21)/t12-,16+/m0/s1. The van der Waals surface area contributed by atoms with Crippen molar-refractivity contribution < 1.29 is 9.53 Å². The first-order valence-electron chi connectivity index (χ1n) is 8.09. The number of nitrogens with two attached hydrogens (primary N) is 2. The zero-order valence-corrected chi connectivity index (χ0v) is 13.3. The topological polar surface area (TPSA) is 90.4 Å². The highest BCUT2D eigenvalue weighted by molar-refractivity contribution is 5.81. The van der Waals surface area contributed by atoms with Crippen LogP contribution in [0.4, 0.5) is 0 Å². The molecule has 1 saturated carbocycles. The average Bonchev–Trinajstić information content (AvgIpc) is 3.35. The Morgan fingerprint density at radius 2 is 2.05 bits per heavy atom. The summed E-state index contributed by atoms with van der Waals surface area (Å²) in [6.07, 6.45) is 3.94. The predicted molar refractivity (Wildman–Crippen MR) is 87.5 cm³/mol. The SMILES string of the molecule is C[C@H](NC(=O)[C@H](N)CCCN)c1ccc(OCC2CC2)cc1. The molecule has 5 N–H and O–H groups in total. The first kappa shape index (κ1) is 16.8. The lowest BCUT2D eigenvalue weighted by molar-refractivity contribution is -0.123. The van der Waals surface area contributed by atoms with Gasteiger partial charge in [-0.05, 0) is 62.8 Å². The van der Waals surface area contributed by atoms with E-state index in [1.807, 2.05) is 31.2 Å². The highest BCUT2D eigenvalue weighted by Crippen LogP contribution is 2.29. The quantitative estimate of drug-likeness (QED) is 0.648. The van der Waals surface area contributed by atoms with Gasteiger partial charge >= 0.3 is 0 Å². The van der Waals surface area contributed by atoms with Gasteiger partial charge in [0.25, 0.3) is 0 Å². The van der Waals surface area contributed by atoms with Crippen molar-refractivity contribution in [2.45, 2.75) is 44.7 Å². The molecule has 1 amide bonds. The summed E-state index contributed by atoms with van der Waals surface area (Å²) in [6.45, 7) is 3.31. The van der Waals surface area contributed by atoms with E-state index < -0.39 is 6.04 Å². The van der Waals surface area contributed by atoms with Crippen LogP contribution in [0.2, 0.25) is 0 Å². The molecule has 0 spiro atoms. The maximum absolute atomic E-state index is 12.0. The summed E-state index contributed by atoms with van der Waals surface area (Å²) in [5.41, 5.74) is 12.3. The lowest BCUT2D eigenvalue weighted by atomic mass is 10.1. The van der Waals surface area contributed by atoms with Gasteiger partial charge in [-0.15, -0.1) is 0 Å². The molecule has 0 saturated heterocycles. The van der Waals surface area contributed by atoms with Crippen LogP contribution in [-0.4, -0.2) is 25.1 Å². The third kappa shape index (κ3) is 5.31. The smallest absolute Gasteiger partial charge is 0.237 e. The highest BCUT2D eigenvalue weighted by atomic mass is 16.5. The van der Waals surface area contributed by atoms with E-state index >= 15 is 0 Å². The van der Waals surface area contributed by atoms with Crippen LogP contribution in [0, 0.1) is 5.92 Å². The zero-order chi connectivity index (χ0) is 15.9. The summed E-state index contributed by atoms with van der Waals surface area (Å²) in [7, 11) is 0. The highest BCUT2D eigenvalue weighted by Gasteiger charge is 2.22. The molecule has 0 aromatic heterocycles. The monoisotopic (exact) mass is 305 g/mol. The summed E-state index contributed by atoms with van der Waals surface area (Å²) in [5.74, 6) is 1.50. The van der Waals surface area contributed by atoms with Crippen molar-refractivity contribution in [1.29, 1.82) is 0 Å². The summed E-state index contributed by atoms with van der Waals surface area (Å²) in [5, 5.41) is 2.94. The van der Waals surface area contributed by atoms with E-state index in [4.69, 9.17) is 16.2 Å². The summed E-state index contributed by atoms with van der Waals surface area (Å²) >= 11 is 0. The molecule has 0 heterocycles. The van der Waals surface area contributed by atoms with Crippen LogP contribution < -0.4 is 21.5 Å². The molecule has 5 nitrogen and oxygen atoms in total. The summed E-state index contributed by atoms with van der Waals surface area (Å²) in [4.78, 5) is 12.0. The van der Waals surface area contributed by atoms with Crippen molar-refractivity contribution in [2.24, 2.45) is 17.4 Å². The van der Waals surface area contributed by atoms with Gasteiger partial charge in [0.05, 0.1) is 18.7 Å². The number of nitrogens with one attached hydrogen (secondary N) is 1. The molecule has 0 aliphatic heterocycles. The Morgan fingerprint density at radius 1 is 1.36 bits per heavy atom. The molecule has 2 rings (SSSR count). The maximum Gasteiger partial charge on any atom is 0.237 e. The molecule has 2 atom stereocenters. The van der Waals surface area contributed by atoms with Crippen LogP contribution in [0.25, 0.3) is 0 Å². The third-order valence-electron chi connectivity index (χ3n) is 3.98. The number of carbonyl (C=O) groups excluding carboxylic acids is 1. The molecule has 1 aromatic rings. The molecule has 5 heteroatoms. The Hall–Kier alpha value is -1.59. The van der Waals surface area contributed by atoms with Gasteiger partial charge < -0.3 is 21.5 Å². The molecule has 0 unspecified atom stereocenters. The van der Waals surface area contributed by atoms with E-state index in [2.05, 4.69) is 5.32 Å². The minimum atomic E-state index is -0.493. The van der Waals surface area contributed by atoms with E-state index in [0.717, 1.165) is 30.3 Å². The molecule has 1 aromatic carbocycles. The zero-order valence-electron chi connectivity index (χ0n) is 13.3. The molecular weight excluding hydrogens is 278 g/mol. The van der Waals surface area contributed by atoms with E-state index in [-0.39, 0.29) is 11.9 Å². The average molecular weight is 305 g/mol. The van der Waals surface area contributed by atoms with Crippen LogP contribution in [0.3, 0.4) is 0 Å². The Bertz CT molecular complexity index is 471. The number of hydrogen-bond donors (Lipinski definition) is 3. The summed E-state index contributed by atoms with van der Waals surface area (Å²) < 4.78 is 5.71. The Balaban J connectivity index is 1.80. The van der Waals surface area contributed by atoms with Gasteiger partial charge in [0, 0.05) is 0 Å². The first-order valence-corrected chi connectivity index (χ1v) is 8.09. The minimum Gasteiger partial charge on any atom is -0.493 e. The number of rotatable bonds is 9. The number of amides is 1. The molecule has 0 radical (unpaired) electrons. The van der Waals surface area contributed by atoms with Gasteiger partial charge in [-0.2, -0.15) is 0 Å². The number of benzene rings is 1. The lowest BCUT2D eigenvalue weighted by Crippen LogP contribution is -2.41. The second-order valence-electron chi connectivity index (χ2n) is 6.09. The fourth-order valence-corrected chi connectivity index (χ4v) is 2.22. The van der Waals surface area contributed by atoms with Gasteiger partial charge in [0.2, 0.25) is 5.91 Å². The molecule has 22 heavy (non-hydrogen) atoms. The van der Waals surface area contributed by atoms with Crippen molar-refractivity contribution in [1.82, 2.24) is 5.32 Å². The van der Waals surface area contributed by atoms with Gasteiger partial charge in [-0.25, -0.2) is 0 Å². The molecular formula is C17H27N3O2. The summed E-state index contributed by atoms with van der Waals surface area (Å²) in [6, 6.07) is 7.31. The van der Waals surface area contributed by atoms with Crippen molar-refractivity contribution >= 4 is 5.91 Å². The van der Waals surface area contributed by atoms with Gasteiger partial charge in [-0.1, -0.05) is 12.1 Å². The molecule has 1 aliphatic rings. The Labute approximate surface area is 132 Å². The fraction of sp³-hybridized carbons (Fsp3) is 0.588. The number of carbonyl (C=O) groups is 1. The second-order valence-corrected chi connectivity index (χ2v) is 6.09. The normalized spacial score (nSPS) is 16.9. The van der Waals surface area contributed by atoms with Crippen LogP contribution >= 0.6 is 0 Å². The predicted octanol–water partition coefficient (Wildman–Crippen LogP) is 1.72. The van der Waals surface area contributed by atoms with Crippen LogP contribution in [0.1, 0.15) is 44.2 Å². The molecule has 122 valence electrons. The minimum absolute atomic E-state index is 0.0751. The largest absolute Gasteiger partial charge is 0.493 e. The van der Waals surface area contributed by atoms with Gasteiger partial charge in [0.1, 0.15) is 5.75 Å². The van der Waals surface area contributed by atoms with Crippen molar-refractivity contribution in [3.8, 4) is 5.75 Å². The van der Waals surface area contributed by atoms with Crippen molar-refractivity contribution in [3.63, 3.8) is 0 Å². The first-order chi connectivity index (χ1) is 10.6. The fourth-order valence-electron chi connectivity index (χ4n) is 2.22. The van der Waals surface area contributed by atoms with E-state index in [1.165, 1.54) is 12.8 Å². The lowest BCUT2D eigenvalue weighted by Gasteiger charge is -2.18. The van der Waals surface area contributed by atoms with Crippen LogP contribution in [-0.2, 0) is 4.79 Å². The Kier molecular flexibility index (Phi) is 6.21. The number of hydrogen-bond acceptors (Lipinski definition) is 4. The van der Waals surface area contributed by atoms with Gasteiger partial charge in [0.15, 0.2) is 0 Å². The van der Waals surface area contributed by atoms with E-state index in [1.54, 1.807) is 0 Å². The third-order valence-corrected chi connectivity index (χ3v) is 3.98. The molecule has 1 aliphatic carbocycles. The number of ether oxygens (including phenoxy) is 1. The van der Waals surface area contributed by atoms with Crippen LogP contribution in [0.15, 0.2) is 24.3 Å². The van der Waals surface area contributed by atoms with Crippen molar-refractivity contribution in [2.75, 3.05) is 13.2 Å².